The second-order valence-corrected chi connectivity index (χ2v) is 4.14. The monoisotopic (exact) mass is 280 g/mol. The van der Waals surface area contributed by atoms with Gasteiger partial charge in [0.2, 0.25) is 10.1 Å². The minimum absolute atomic E-state index is 0.0367. The van der Waals surface area contributed by atoms with E-state index in [0.717, 1.165) is 11.3 Å². The SMILES string of the molecule is CCNc1nnc(C(=O)NCCOCC(F)F)s1. The molecular formula is C9H14F2N4O2S. The molecule has 6 nitrogen and oxygen atoms in total. The Morgan fingerprint density at radius 2 is 2.28 bits per heavy atom. The molecule has 0 aliphatic rings. The van der Waals surface area contributed by atoms with Crippen molar-refractivity contribution < 1.29 is 18.3 Å². The molecule has 1 amide bonds. The predicted molar refractivity (Wildman–Crippen MR) is 63.2 cm³/mol. The van der Waals surface area contributed by atoms with Crippen LogP contribution in [0.15, 0.2) is 0 Å². The fraction of sp³-hybridized carbons (Fsp3) is 0.667. The quantitative estimate of drug-likeness (QED) is 0.694. The van der Waals surface area contributed by atoms with Crippen LogP contribution in [0.5, 0.6) is 0 Å². The molecule has 0 aliphatic carbocycles. The van der Waals surface area contributed by atoms with Gasteiger partial charge in [0.05, 0.1) is 6.61 Å². The fourth-order valence-corrected chi connectivity index (χ4v) is 1.75. The highest BCUT2D eigenvalue weighted by atomic mass is 32.1. The number of amides is 1. The van der Waals surface area contributed by atoms with Crippen molar-refractivity contribution in [3.8, 4) is 0 Å². The lowest BCUT2D eigenvalue weighted by Crippen LogP contribution is -2.27. The van der Waals surface area contributed by atoms with E-state index in [0.29, 0.717) is 11.7 Å². The van der Waals surface area contributed by atoms with Crippen LogP contribution in [-0.2, 0) is 4.74 Å². The number of alkyl halides is 2. The molecule has 1 aromatic rings. The highest BCUT2D eigenvalue weighted by molar-refractivity contribution is 7.17. The smallest absolute Gasteiger partial charge is 0.282 e. The minimum Gasteiger partial charge on any atom is -0.374 e. The Bertz CT molecular complexity index is 375. The lowest BCUT2D eigenvalue weighted by molar-refractivity contribution is 0.0188. The van der Waals surface area contributed by atoms with Crippen LogP contribution in [0.2, 0.25) is 0 Å². The van der Waals surface area contributed by atoms with Gasteiger partial charge in [-0.05, 0) is 6.92 Å². The van der Waals surface area contributed by atoms with Crippen LogP contribution in [-0.4, -0.2) is 48.8 Å². The van der Waals surface area contributed by atoms with E-state index in [2.05, 4.69) is 25.6 Å². The third-order valence-corrected chi connectivity index (χ3v) is 2.60. The molecular weight excluding hydrogens is 266 g/mol. The van der Waals surface area contributed by atoms with Crippen molar-refractivity contribution in [3.63, 3.8) is 0 Å². The van der Waals surface area contributed by atoms with E-state index in [1.807, 2.05) is 6.92 Å². The Morgan fingerprint density at radius 1 is 1.50 bits per heavy atom. The van der Waals surface area contributed by atoms with E-state index in [9.17, 15) is 13.6 Å². The first kappa shape index (κ1) is 14.7. The van der Waals surface area contributed by atoms with E-state index >= 15 is 0 Å². The van der Waals surface area contributed by atoms with Crippen LogP contribution in [0, 0.1) is 0 Å². The summed E-state index contributed by atoms with van der Waals surface area (Å²) < 4.78 is 28.1. The zero-order valence-electron chi connectivity index (χ0n) is 9.78. The van der Waals surface area contributed by atoms with Gasteiger partial charge in [-0.25, -0.2) is 8.78 Å². The first-order valence-corrected chi connectivity index (χ1v) is 6.16. The summed E-state index contributed by atoms with van der Waals surface area (Å²) in [5.74, 6) is -0.391. The van der Waals surface area contributed by atoms with Gasteiger partial charge in [-0.2, -0.15) is 0 Å². The molecule has 0 spiro atoms. The average molecular weight is 280 g/mol. The van der Waals surface area contributed by atoms with Gasteiger partial charge in [0, 0.05) is 13.1 Å². The summed E-state index contributed by atoms with van der Waals surface area (Å²) >= 11 is 1.13. The lowest BCUT2D eigenvalue weighted by atomic mass is 10.6. The zero-order chi connectivity index (χ0) is 13.4. The number of hydrogen-bond acceptors (Lipinski definition) is 6. The number of anilines is 1. The third kappa shape index (κ3) is 5.32. The lowest BCUT2D eigenvalue weighted by Gasteiger charge is -2.03. The number of carbonyl (C=O) groups is 1. The van der Waals surface area contributed by atoms with Gasteiger partial charge in [-0.3, -0.25) is 4.79 Å². The maximum absolute atomic E-state index is 11.7. The molecule has 0 bridgehead atoms. The first-order chi connectivity index (χ1) is 8.63. The van der Waals surface area contributed by atoms with Gasteiger partial charge in [0.15, 0.2) is 0 Å². The van der Waals surface area contributed by atoms with Crippen molar-refractivity contribution in [1.82, 2.24) is 15.5 Å². The molecule has 0 saturated heterocycles. The molecule has 0 fully saturated rings. The summed E-state index contributed by atoms with van der Waals surface area (Å²) in [7, 11) is 0. The molecule has 0 radical (unpaired) electrons. The number of nitrogens with one attached hydrogen (secondary N) is 2. The highest BCUT2D eigenvalue weighted by Crippen LogP contribution is 2.14. The number of rotatable bonds is 8. The second-order valence-electron chi connectivity index (χ2n) is 3.16. The van der Waals surface area contributed by atoms with Crippen LogP contribution in [0.1, 0.15) is 16.7 Å². The molecule has 0 aliphatic heterocycles. The van der Waals surface area contributed by atoms with E-state index < -0.39 is 18.9 Å². The fourth-order valence-electron chi connectivity index (χ4n) is 1.02. The maximum Gasteiger partial charge on any atom is 0.282 e. The Kier molecular flexibility index (Phi) is 6.44. The van der Waals surface area contributed by atoms with E-state index in [1.165, 1.54) is 0 Å². The molecule has 1 aromatic heterocycles. The first-order valence-electron chi connectivity index (χ1n) is 5.35. The predicted octanol–water partition coefficient (Wildman–Crippen LogP) is 0.981. The molecule has 1 heterocycles. The van der Waals surface area contributed by atoms with Gasteiger partial charge in [-0.15, -0.1) is 10.2 Å². The highest BCUT2D eigenvalue weighted by Gasteiger charge is 2.11. The van der Waals surface area contributed by atoms with Gasteiger partial charge < -0.3 is 15.4 Å². The van der Waals surface area contributed by atoms with Crippen molar-refractivity contribution >= 4 is 22.4 Å². The van der Waals surface area contributed by atoms with Gasteiger partial charge >= 0.3 is 0 Å². The summed E-state index contributed by atoms with van der Waals surface area (Å²) in [5.41, 5.74) is 0. The standard InChI is InChI=1S/C9H14F2N4O2S/c1-2-12-9-15-14-8(18-9)7(16)13-3-4-17-5-6(10)11/h6H,2-5H2,1H3,(H,12,15)(H,13,16). The van der Waals surface area contributed by atoms with Crippen molar-refractivity contribution in [2.75, 3.05) is 31.6 Å². The van der Waals surface area contributed by atoms with Crippen LogP contribution in [0.25, 0.3) is 0 Å². The van der Waals surface area contributed by atoms with Crippen LogP contribution in [0.4, 0.5) is 13.9 Å². The number of aromatic nitrogens is 2. The molecule has 0 aromatic carbocycles. The van der Waals surface area contributed by atoms with E-state index in [4.69, 9.17) is 0 Å². The van der Waals surface area contributed by atoms with Crippen LogP contribution >= 0.6 is 11.3 Å². The van der Waals surface area contributed by atoms with Crippen molar-refractivity contribution in [2.45, 2.75) is 13.3 Å². The number of halogens is 2. The molecule has 0 unspecified atom stereocenters. The zero-order valence-corrected chi connectivity index (χ0v) is 10.6. The largest absolute Gasteiger partial charge is 0.374 e. The summed E-state index contributed by atoms with van der Waals surface area (Å²) in [6, 6.07) is 0. The normalized spacial score (nSPS) is 10.7. The molecule has 2 N–H and O–H groups in total. The molecule has 1 rings (SSSR count). The van der Waals surface area contributed by atoms with E-state index in [-0.39, 0.29) is 18.2 Å². The molecule has 0 saturated carbocycles. The number of ether oxygens (including phenoxy) is 1. The van der Waals surface area contributed by atoms with Crippen LogP contribution in [0.3, 0.4) is 0 Å². The van der Waals surface area contributed by atoms with E-state index in [1.54, 1.807) is 0 Å². The average Bonchev–Trinajstić information content (AvgIpc) is 2.77. The summed E-state index contributed by atoms with van der Waals surface area (Å²) in [6.45, 7) is 2.16. The number of carbonyl (C=O) groups excluding carboxylic acids is 1. The topological polar surface area (TPSA) is 76.1 Å². The van der Waals surface area contributed by atoms with Crippen LogP contribution < -0.4 is 10.6 Å². The maximum atomic E-state index is 11.7. The number of nitrogens with zero attached hydrogens (tertiary/aromatic N) is 2. The summed E-state index contributed by atoms with van der Waals surface area (Å²) in [6.07, 6.45) is -2.49. The third-order valence-electron chi connectivity index (χ3n) is 1.72. The Labute approximate surface area is 107 Å². The number of hydrogen-bond donors (Lipinski definition) is 2. The van der Waals surface area contributed by atoms with Gasteiger partial charge in [0.1, 0.15) is 6.61 Å². The molecule has 102 valence electrons. The van der Waals surface area contributed by atoms with Crippen molar-refractivity contribution in [1.29, 1.82) is 0 Å². The van der Waals surface area contributed by atoms with Crippen molar-refractivity contribution in [3.05, 3.63) is 5.01 Å². The van der Waals surface area contributed by atoms with Crippen molar-refractivity contribution in [2.24, 2.45) is 0 Å². The molecule has 18 heavy (non-hydrogen) atoms. The summed E-state index contributed by atoms with van der Waals surface area (Å²) in [5, 5.41) is 13.7. The Balaban J connectivity index is 2.23. The molecule has 9 heteroatoms. The Hall–Kier alpha value is -1.35. The van der Waals surface area contributed by atoms with Gasteiger partial charge in [-0.1, -0.05) is 11.3 Å². The molecule has 0 atom stereocenters. The van der Waals surface area contributed by atoms with Gasteiger partial charge in [0.25, 0.3) is 12.3 Å². The minimum atomic E-state index is -2.49. The summed E-state index contributed by atoms with van der Waals surface area (Å²) in [4.78, 5) is 11.5. The second kappa shape index (κ2) is 7.88. The Morgan fingerprint density at radius 3 is 2.94 bits per heavy atom.